The van der Waals surface area contributed by atoms with Crippen LogP contribution in [-0.4, -0.2) is 48.7 Å². The molecular formula is C29H35NO5. The summed E-state index contributed by atoms with van der Waals surface area (Å²) in [7, 11) is 0. The third-order valence-electron chi connectivity index (χ3n) is 5.80. The molecule has 3 aromatic rings. The van der Waals surface area contributed by atoms with Crippen LogP contribution in [0.25, 0.3) is 0 Å². The molecule has 0 saturated carbocycles. The molecule has 1 aliphatic rings. The number of ether oxygens (including phenoxy) is 2. The maximum atomic E-state index is 11.3. The highest BCUT2D eigenvalue weighted by Gasteiger charge is 2.20. The van der Waals surface area contributed by atoms with Crippen LogP contribution in [0.4, 0.5) is 11.4 Å². The van der Waals surface area contributed by atoms with E-state index in [4.69, 9.17) is 14.6 Å². The van der Waals surface area contributed by atoms with Gasteiger partial charge in [0.25, 0.3) is 0 Å². The average molecular weight is 478 g/mol. The topological polar surface area (TPSA) is 79.2 Å². The second kappa shape index (κ2) is 13.5. The van der Waals surface area contributed by atoms with Gasteiger partial charge in [-0.3, -0.25) is 0 Å². The Kier molecular flexibility index (Phi) is 10.1. The number of hydrogen-bond donors (Lipinski definition) is 2. The summed E-state index contributed by atoms with van der Waals surface area (Å²) >= 11 is 0. The van der Waals surface area contributed by atoms with Gasteiger partial charge in [-0.1, -0.05) is 48.5 Å². The van der Waals surface area contributed by atoms with Crippen LogP contribution in [0.2, 0.25) is 0 Å². The molecule has 0 aromatic heterocycles. The second-order valence-corrected chi connectivity index (χ2v) is 8.20. The van der Waals surface area contributed by atoms with Crippen LogP contribution < -0.4 is 9.64 Å². The fourth-order valence-corrected chi connectivity index (χ4v) is 4.22. The summed E-state index contributed by atoms with van der Waals surface area (Å²) in [6, 6.07) is 24.8. The third-order valence-corrected chi connectivity index (χ3v) is 5.80. The quantitative estimate of drug-likeness (QED) is 0.450. The van der Waals surface area contributed by atoms with Gasteiger partial charge in [0.1, 0.15) is 12.4 Å². The molecule has 1 aliphatic heterocycles. The van der Waals surface area contributed by atoms with Crippen molar-refractivity contribution in [3.05, 3.63) is 89.5 Å². The van der Waals surface area contributed by atoms with E-state index in [2.05, 4.69) is 53.4 Å². The predicted octanol–water partition coefficient (Wildman–Crippen LogP) is 5.03. The van der Waals surface area contributed by atoms with Crippen molar-refractivity contribution in [2.75, 3.05) is 31.3 Å². The Morgan fingerprint density at radius 2 is 1.46 bits per heavy atom. The highest BCUT2D eigenvalue weighted by Crippen LogP contribution is 2.35. The van der Waals surface area contributed by atoms with Crippen LogP contribution in [0, 0.1) is 0 Å². The minimum Gasteiger partial charge on any atom is -0.492 e. The lowest BCUT2D eigenvalue weighted by Crippen LogP contribution is -2.26. The molecule has 0 radical (unpaired) electrons. The van der Waals surface area contributed by atoms with Crippen molar-refractivity contribution in [1.29, 1.82) is 0 Å². The van der Waals surface area contributed by atoms with E-state index in [1.807, 2.05) is 24.3 Å². The molecule has 0 saturated heterocycles. The molecule has 0 fully saturated rings. The number of benzene rings is 3. The zero-order valence-corrected chi connectivity index (χ0v) is 20.5. The molecule has 1 unspecified atom stereocenters. The molecule has 1 atom stereocenters. The Hall–Kier alpha value is -3.35. The number of carbonyl (C=O) groups is 1. The number of hydrogen-bond acceptors (Lipinski definition) is 5. The first kappa shape index (κ1) is 26.3. The number of aliphatic carboxylic acids is 1. The highest BCUT2D eigenvalue weighted by molar-refractivity contribution is 5.73. The molecule has 2 N–H and O–H groups in total. The summed E-state index contributed by atoms with van der Waals surface area (Å²) in [5, 5.41) is 16.8. The lowest BCUT2D eigenvalue weighted by atomic mass is 10.0. The number of aryl methyl sites for hydroxylation is 2. The first-order valence-electron chi connectivity index (χ1n) is 12.2. The minimum atomic E-state index is -0.940. The molecule has 0 aliphatic carbocycles. The minimum absolute atomic E-state index is 0.250. The number of nitrogens with zero attached hydrogens (tertiary/aromatic N) is 1. The summed E-state index contributed by atoms with van der Waals surface area (Å²) in [5.74, 6) is -0.168. The maximum Gasteiger partial charge on any atom is 0.333 e. The van der Waals surface area contributed by atoms with Crippen LogP contribution in [0.3, 0.4) is 0 Å². The summed E-state index contributed by atoms with van der Waals surface area (Å²) < 4.78 is 11.3. The SMILES string of the molecule is CCO.CCOC(Cc1ccc(OCCN2c3ccccc3CCc3ccccc32)cc1)C(=O)O. The number of carboxylic acids is 1. The van der Waals surface area contributed by atoms with Gasteiger partial charge in [-0.2, -0.15) is 0 Å². The van der Waals surface area contributed by atoms with E-state index in [0.29, 0.717) is 19.6 Å². The molecule has 0 bridgehead atoms. The zero-order valence-electron chi connectivity index (χ0n) is 20.5. The Morgan fingerprint density at radius 1 is 0.914 bits per heavy atom. The Bertz CT molecular complexity index is 1020. The Labute approximate surface area is 207 Å². The molecule has 6 nitrogen and oxygen atoms in total. The van der Waals surface area contributed by atoms with Crippen LogP contribution in [0.15, 0.2) is 72.8 Å². The van der Waals surface area contributed by atoms with E-state index >= 15 is 0 Å². The maximum absolute atomic E-state index is 11.3. The van der Waals surface area contributed by atoms with Gasteiger partial charge in [0, 0.05) is 31.0 Å². The Balaban J connectivity index is 0.00000108. The standard InChI is InChI=1S/C27H29NO4.C2H6O/c1-2-31-26(27(29)30)19-20-11-15-23(16-12-20)32-18-17-28-24-9-5-3-7-21(24)13-14-22-8-4-6-10-25(22)28;1-2-3/h3-12,15-16,26H,2,13-14,17-19H2,1H3,(H,29,30);3H,2H2,1H3. The number of anilines is 2. The average Bonchev–Trinajstić information content (AvgIpc) is 3.02. The van der Waals surface area contributed by atoms with Crippen molar-refractivity contribution in [1.82, 2.24) is 0 Å². The van der Waals surface area contributed by atoms with E-state index < -0.39 is 12.1 Å². The molecule has 3 aromatic carbocycles. The monoisotopic (exact) mass is 477 g/mol. The number of fused-ring (bicyclic) bond motifs is 2. The van der Waals surface area contributed by atoms with Gasteiger partial charge in [0.05, 0.1) is 6.54 Å². The lowest BCUT2D eigenvalue weighted by Gasteiger charge is -2.27. The van der Waals surface area contributed by atoms with Gasteiger partial charge in [-0.15, -0.1) is 0 Å². The largest absolute Gasteiger partial charge is 0.492 e. The van der Waals surface area contributed by atoms with Crippen molar-refractivity contribution in [2.24, 2.45) is 0 Å². The van der Waals surface area contributed by atoms with E-state index in [1.54, 1.807) is 13.8 Å². The van der Waals surface area contributed by atoms with Crippen molar-refractivity contribution in [3.63, 3.8) is 0 Å². The van der Waals surface area contributed by atoms with Gasteiger partial charge >= 0.3 is 5.97 Å². The fraction of sp³-hybridized carbons (Fsp3) is 0.345. The molecule has 186 valence electrons. The number of rotatable bonds is 9. The number of para-hydroxylation sites is 2. The lowest BCUT2D eigenvalue weighted by molar-refractivity contribution is -0.149. The summed E-state index contributed by atoms with van der Waals surface area (Å²) in [5.41, 5.74) is 6.11. The number of aliphatic hydroxyl groups is 1. The first-order chi connectivity index (χ1) is 17.1. The van der Waals surface area contributed by atoms with E-state index in [9.17, 15) is 9.90 Å². The zero-order chi connectivity index (χ0) is 25.0. The van der Waals surface area contributed by atoms with E-state index in [1.165, 1.54) is 22.5 Å². The van der Waals surface area contributed by atoms with Gasteiger partial charge in [-0.05, 0) is 67.6 Å². The molecule has 0 spiro atoms. The van der Waals surface area contributed by atoms with Crippen LogP contribution in [-0.2, 0) is 28.8 Å². The van der Waals surface area contributed by atoms with Crippen LogP contribution in [0.1, 0.15) is 30.5 Å². The smallest absolute Gasteiger partial charge is 0.333 e. The van der Waals surface area contributed by atoms with Crippen molar-refractivity contribution < 1.29 is 24.5 Å². The summed E-state index contributed by atoms with van der Waals surface area (Å²) in [6.45, 7) is 5.38. The van der Waals surface area contributed by atoms with Crippen LogP contribution >= 0.6 is 0 Å². The van der Waals surface area contributed by atoms with Crippen molar-refractivity contribution in [2.45, 2.75) is 39.2 Å². The normalized spacial score (nSPS) is 12.9. The Morgan fingerprint density at radius 3 is 1.97 bits per heavy atom. The molecule has 0 amide bonds. The number of aliphatic hydroxyl groups excluding tert-OH is 1. The summed E-state index contributed by atoms with van der Waals surface area (Å²) in [6.07, 6.45) is 1.58. The van der Waals surface area contributed by atoms with Gasteiger partial charge < -0.3 is 24.6 Å². The van der Waals surface area contributed by atoms with Gasteiger partial charge in [0.2, 0.25) is 0 Å². The van der Waals surface area contributed by atoms with Gasteiger partial charge in [-0.25, -0.2) is 4.79 Å². The van der Waals surface area contributed by atoms with E-state index in [-0.39, 0.29) is 6.61 Å². The van der Waals surface area contributed by atoms with E-state index in [0.717, 1.165) is 30.7 Å². The molecule has 4 rings (SSSR count). The first-order valence-corrected chi connectivity index (χ1v) is 12.2. The molecule has 35 heavy (non-hydrogen) atoms. The predicted molar refractivity (Wildman–Crippen MR) is 139 cm³/mol. The summed E-state index contributed by atoms with van der Waals surface area (Å²) in [4.78, 5) is 13.7. The fourth-order valence-electron chi connectivity index (χ4n) is 4.22. The molecule has 1 heterocycles. The molecule has 6 heteroatoms. The van der Waals surface area contributed by atoms with Crippen LogP contribution in [0.5, 0.6) is 5.75 Å². The van der Waals surface area contributed by atoms with Gasteiger partial charge in [0.15, 0.2) is 6.10 Å². The number of carboxylic acid groups (broad SMARTS) is 1. The third kappa shape index (κ3) is 7.31. The highest BCUT2D eigenvalue weighted by atomic mass is 16.5. The van der Waals surface area contributed by atoms with Crippen molar-refractivity contribution in [3.8, 4) is 5.75 Å². The molecular weight excluding hydrogens is 442 g/mol. The second-order valence-electron chi connectivity index (χ2n) is 8.20. The van der Waals surface area contributed by atoms with Crippen molar-refractivity contribution >= 4 is 17.3 Å².